The zero-order valence-electron chi connectivity index (χ0n) is 11.2. The Balaban J connectivity index is 2.02. The van der Waals surface area contributed by atoms with Gasteiger partial charge in [0.15, 0.2) is 0 Å². The molecule has 0 atom stereocenters. The Morgan fingerprint density at radius 1 is 0.952 bits per heavy atom. The molecular formula is C14H14BClINO3. The van der Waals surface area contributed by atoms with Crippen molar-refractivity contribution in [2.24, 2.45) is 5.73 Å². The molecule has 2 aromatic carbocycles. The minimum Gasteiger partial charge on any atom is -0.501 e. The summed E-state index contributed by atoms with van der Waals surface area (Å²) in [6.45, 7) is 0.721. The van der Waals surface area contributed by atoms with Crippen LogP contribution in [-0.2, 0) is 4.65 Å². The molecule has 0 heterocycles. The monoisotopic (exact) mass is 417 g/mol. The highest BCUT2D eigenvalue weighted by Gasteiger charge is 2.26. The minimum atomic E-state index is -0.866. The maximum Gasteiger partial charge on any atom is 0.788 e. The van der Waals surface area contributed by atoms with Gasteiger partial charge in [-0.1, -0.05) is 11.6 Å². The van der Waals surface area contributed by atoms with Crippen LogP contribution < -0.4 is 15.0 Å². The smallest absolute Gasteiger partial charge is 0.501 e. The van der Waals surface area contributed by atoms with E-state index in [1.807, 2.05) is 24.3 Å². The van der Waals surface area contributed by atoms with Crippen molar-refractivity contribution < 1.29 is 14.0 Å². The summed E-state index contributed by atoms with van der Waals surface area (Å²) in [5.41, 5.74) is 5.45. The normalized spacial score (nSPS) is 10.2. The Labute approximate surface area is 142 Å². The second-order valence-corrected chi connectivity index (χ2v) is 5.77. The fourth-order valence-corrected chi connectivity index (χ4v) is 1.99. The van der Waals surface area contributed by atoms with E-state index in [9.17, 15) is 0 Å². The van der Waals surface area contributed by atoms with Crippen molar-refractivity contribution in [1.82, 2.24) is 0 Å². The number of hydrogen-bond acceptors (Lipinski definition) is 4. The molecule has 0 aliphatic carbocycles. The van der Waals surface area contributed by atoms with Crippen LogP contribution in [-0.4, -0.2) is 20.5 Å². The van der Waals surface area contributed by atoms with Crippen LogP contribution >= 0.6 is 34.2 Å². The number of nitrogens with two attached hydrogens (primary N) is 1. The summed E-state index contributed by atoms with van der Waals surface area (Å²) in [5.74, 6) is 1.26. The highest BCUT2D eigenvalue weighted by molar-refractivity contribution is 14.1. The van der Waals surface area contributed by atoms with Crippen LogP contribution in [0.1, 0.15) is 0 Å². The third-order valence-electron chi connectivity index (χ3n) is 2.46. The number of halogens is 2. The van der Waals surface area contributed by atoms with Gasteiger partial charge >= 0.3 is 7.32 Å². The Kier molecular flexibility index (Phi) is 6.63. The summed E-state index contributed by atoms with van der Waals surface area (Å²) in [7, 11) is -0.866. The van der Waals surface area contributed by atoms with Gasteiger partial charge in [-0.15, -0.1) is 0 Å². The molecule has 0 aliphatic heterocycles. The number of rotatable bonds is 7. The van der Waals surface area contributed by atoms with Gasteiger partial charge in [0.2, 0.25) is 0 Å². The van der Waals surface area contributed by atoms with Crippen LogP contribution in [0.5, 0.6) is 11.5 Å². The quantitative estimate of drug-likeness (QED) is 0.555. The standard InChI is InChI=1S/C14H14BClINO3/c16-11-1-5-13(6-2-11)20-15(19-10-9-18)21-14-7-3-12(17)4-8-14/h1-8H,9-10,18H2. The van der Waals surface area contributed by atoms with Gasteiger partial charge < -0.3 is 19.7 Å². The summed E-state index contributed by atoms with van der Waals surface area (Å²) in [6, 6.07) is 14.6. The van der Waals surface area contributed by atoms with Crippen LogP contribution in [0.25, 0.3) is 0 Å². The van der Waals surface area contributed by atoms with E-state index in [1.54, 1.807) is 24.3 Å². The molecule has 0 saturated carbocycles. The van der Waals surface area contributed by atoms with Gasteiger partial charge in [0.1, 0.15) is 11.5 Å². The molecule has 110 valence electrons. The lowest BCUT2D eigenvalue weighted by Gasteiger charge is -2.15. The topological polar surface area (TPSA) is 53.7 Å². The second-order valence-electron chi connectivity index (χ2n) is 4.09. The third-order valence-corrected chi connectivity index (χ3v) is 3.43. The van der Waals surface area contributed by atoms with Crippen LogP contribution in [0, 0.1) is 3.57 Å². The first kappa shape index (κ1) is 16.4. The molecule has 0 amide bonds. The Morgan fingerprint density at radius 3 is 2.00 bits per heavy atom. The second kappa shape index (κ2) is 8.48. The van der Waals surface area contributed by atoms with Crippen molar-refractivity contribution in [2.75, 3.05) is 13.2 Å². The molecule has 0 saturated heterocycles. The number of hydrogen-bond donors (Lipinski definition) is 1. The molecule has 21 heavy (non-hydrogen) atoms. The van der Waals surface area contributed by atoms with E-state index < -0.39 is 7.32 Å². The Morgan fingerprint density at radius 2 is 1.48 bits per heavy atom. The Hall–Kier alpha value is -0.955. The fourth-order valence-electron chi connectivity index (χ4n) is 1.50. The van der Waals surface area contributed by atoms with Gasteiger partial charge in [-0.05, 0) is 71.1 Å². The van der Waals surface area contributed by atoms with Crippen LogP contribution in [0.15, 0.2) is 48.5 Å². The van der Waals surface area contributed by atoms with Crippen molar-refractivity contribution >= 4 is 41.5 Å². The molecule has 0 aliphatic rings. The number of benzene rings is 2. The zero-order valence-corrected chi connectivity index (χ0v) is 14.1. The molecule has 2 N–H and O–H groups in total. The molecular weight excluding hydrogens is 403 g/mol. The van der Waals surface area contributed by atoms with E-state index in [-0.39, 0.29) is 0 Å². The zero-order chi connectivity index (χ0) is 15.1. The minimum absolute atomic E-state index is 0.336. The lowest BCUT2D eigenvalue weighted by Crippen LogP contribution is -2.35. The first-order valence-electron chi connectivity index (χ1n) is 6.33. The summed E-state index contributed by atoms with van der Waals surface area (Å²) >= 11 is 8.07. The summed E-state index contributed by atoms with van der Waals surface area (Å²) in [4.78, 5) is 0. The maximum atomic E-state index is 5.84. The molecule has 2 aromatic rings. The Bertz CT molecular complexity index is 506. The average Bonchev–Trinajstić information content (AvgIpc) is 2.49. The van der Waals surface area contributed by atoms with E-state index in [0.29, 0.717) is 29.7 Å². The first-order valence-corrected chi connectivity index (χ1v) is 7.79. The predicted molar refractivity (Wildman–Crippen MR) is 92.6 cm³/mol. The lowest BCUT2D eigenvalue weighted by molar-refractivity contribution is 0.206. The van der Waals surface area contributed by atoms with Crippen molar-refractivity contribution in [2.45, 2.75) is 0 Å². The van der Waals surface area contributed by atoms with Gasteiger partial charge in [-0.3, -0.25) is 0 Å². The molecule has 0 bridgehead atoms. The van der Waals surface area contributed by atoms with E-state index in [4.69, 9.17) is 31.3 Å². The van der Waals surface area contributed by atoms with E-state index >= 15 is 0 Å². The molecule has 0 spiro atoms. The maximum absolute atomic E-state index is 5.84. The highest BCUT2D eigenvalue weighted by Crippen LogP contribution is 2.19. The first-order chi connectivity index (χ1) is 10.2. The third kappa shape index (κ3) is 5.74. The summed E-state index contributed by atoms with van der Waals surface area (Å²) in [5, 5.41) is 0.639. The van der Waals surface area contributed by atoms with Crippen LogP contribution in [0.4, 0.5) is 0 Å². The van der Waals surface area contributed by atoms with Crippen molar-refractivity contribution in [1.29, 1.82) is 0 Å². The molecule has 0 unspecified atom stereocenters. The highest BCUT2D eigenvalue weighted by atomic mass is 127. The molecule has 0 radical (unpaired) electrons. The molecule has 4 nitrogen and oxygen atoms in total. The van der Waals surface area contributed by atoms with Gasteiger partial charge in [-0.2, -0.15) is 0 Å². The van der Waals surface area contributed by atoms with E-state index in [2.05, 4.69) is 22.6 Å². The summed E-state index contributed by atoms with van der Waals surface area (Å²) in [6.07, 6.45) is 0. The molecule has 0 aromatic heterocycles. The fraction of sp³-hybridized carbons (Fsp3) is 0.143. The predicted octanol–water partition coefficient (Wildman–Crippen LogP) is 3.36. The van der Waals surface area contributed by atoms with Crippen LogP contribution in [0.3, 0.4) is 0 Å². The molecule has 2 rings (SSSR count). The van der Waals surface area contributed by atoms with Gasteiger partial charge in [-0.25, -0.2) is 0 Å². The average molecular weight is 417 g/mol. The van der Waals surface area contributed by atoms with E-state index in [1.165, 1.54) is 0 Å². The largest absolute Gasteiger partial charge is 0.788 e. The van der Waals surface area contributed by atoms with Crippen molar-refractivity contribution in [3.63, 3.8) is 0 Å². The molecule has 0 fully saturated rings. The summed E-state index contributed by atoms with van der Waals surface area (Å²) < 4.78 is 17.9. The SMILES string of the molecule is NCCOB(Oc1ccc(Cl)cc1)Oc1ccc(I)cc1. The van der Waals surface area contributed by atoms with Crippen LogP contribution in [0.2, 0.25) is 5.02 Å². The van der Waals surface area contributed by atoms with Crippen molar-refractivity contribution in [3.05, 3.63) is 57.1 Å². The van der Waals surface area contributed by atoms with Gasteiger partial charge in [0.25, 0.3) is 0 Å². The van der Waals surface area contributed by atoms with Gasteiger partial charge in [0, 0.05) is 21.7 Å². The van der Waals surface area contributed by atoms with E-state index in [0.717, 1.165) is 3.57 Å². The molecule has 7 heteroatoms. The lowest BCUT2D eigenvalue weighted by atomic mass is 10.2. The van der Waals surface area contributed by atoms with Crippen molar-refractivity contribution in [3.8, 4) is 11.5 Å². The van der Waals surface area contributed by atoms with Gasteiger partial charge in [0.05, 0.1) is 0 Å².